The first-order valence-corrected chi connectivity index (χ1v) is 10.7. The van der Waals surface area contributed by atoms with E-state index < -0.39 is 0 Å². The van der Waals surface area contributed by atoms with Crippen LogP contribution in [0.3, 0.4) is 0 Å². The van der Waals surface area contributed by atoms with Crippen LogP contribution in [0, 0.1) is 0 Å². The summed E-state index contributed by atoms with van der Waals surface area (Å²) in [4.78, 5) is 24.8. The number of nitrogens with zero attached hydrogens (tertiary/aromatic N) is 4. The number of imidazole rings is 1. The van der Waals surface area contributed by atoms with E-state index in [1.165, 1.54) is 11.3 Å². The van der Waals surface area contributed by atoms with Gasteiger partial charge in [-0.3, -0.25) is 9.20 Å². The lowest BCUT2D eigenvalue weighted by molar-refractivity contribution is -0.115. The lowest BCUT2D eigenvalue weighted by atomic mass is 10.2. The zero-order valence-corrected chi connectivity index (χ0v) is 17.1. The Balaban J connectivity index is 1.26. The molecule has 152 valence electrons. The minimum Gasteiger partial charge on any atom is -0.378 e. The van der Waals surface area contributed by atoms with Crippen LogP contribution >= 0.6 is 11.3 Å². The average Bonchev–Trinajstić information content (AvgIpc) is 3.38. The summed E-state index contributed by atoms with van der Waals surface area (Å²) in [6.07, 6.45) is 4.04. The highest BCUT2D eigenvalue weighted by Gasteiger charge is 2.14. The molecule has 30 heavy (non-hydrogen) atoms. The Hall–Kier alpha value is -3.23. The Labute approximate surface area is 178 Å². The quantitative estimate of drug-likeness (QED) is 0.536. The van der Waals surface area contributed by atoms with E-state index in [2.05, 4.69) is 20.2 Å². The molecule has 1 aromatic carbocycles. The SMILES string of the molecule is O=C(Cc1csc2nc(-c3ccccc3)cn12)Nc1ccc(N2CCOCC2)cn1. The molecule has 1 saturated heterocycles. The Bertz CT molecular complexity index is 1150. The summed E-state index contributed by atoms with van der Waals surface area (Å²) in [5.74, 6) is 0.454. The Morgan fingerprint density at radius 2 is 1.97 bits per heavy atom. The molecule has 0 aliphatic carbocycles. The number of fused-ring (bicyclic) bond motifs is 1. The molecule has 0 spiro atoms. The highest BCUT2D eigenvalue weighted by atomic mass is 32.1. The molecule has 3 aromatic heterocycles. The molecule has 0 saturated carbocycles. The summed E-state index contributed by atoms with van der Waals surface area (Å²) < 4.78 is 7.37. The van der Waals surface area contributed by atoms with Crippen molar-refractivity contribution in [1.29, 1.82) is 0 Å². The highest BCUT2D eigenvalue weighted by Crippen LogP contribution is 2.24. The maximum atomic E-state index is 12.6. The van der Waals surface area contributed by atoms with Gasteiger partial charge in [0.2, 0.25) is 5.91 Å². The van der Waals surface area contributed by atoms with Gasteiger partial charge in [-0.25, -0.2) is 9.97 Å². The van der Waals surface area contributed by atoms with Crippen molar-refractivity contribution in [2.75, 3.05) is 36.5 Å². The van der Waals surface area contributed by atoms with Crippen molar-refractivity contribution in [1.82, 2.24) is 14.4 Å². The zero-order valence-electron chi connectivity index (χ0n) is 16.3. The summed E-state index contributed by atoms with van der Waals surface area (Å²) in [6.45, 7) is 3.18. The first-order chi connectivity index (χ1) is 14.8. The average molecular weight is 420 g/mol. The smallest absolute Gasteiger partial charge is 0.231 e. The minimum atomic E-state index is -0.101. The van der Waals surface area contributed by atoms with Crippen molar-refractivity contribution in [3.8, 4) is 11.3 Å². The number of morpholine rings is 1. The largest absolute Gasteiger partial charge is 0.378 e. The van der Waals surface area contributed by atoms with Gasteiger partial charge in [0.15, 0.2) is 4.96 Å². The molecule has 4 heterocycles. The van der Waals surface area contributed by atoms with Crippen molar-refractivity contribution in [2.45, 2.75) is 6.42 Å². The molecule has 0 bridgehead atoms. The number of hydrogen-bond acceptors (Lipinski definition) is 6. The predicted molar refractivity (Wildman–Crippen MR) is 118 cm³/mol. The number of benzene rings is 1. The molecule has 1 N–H and O–H groups in total. The third-order valence-corrected chi connectivity index (χ3v) is 5.97. The van der Waals surface area contributed by atoms with Gasteiger partial charge >= 0.3 is 0 Å². The van der Waals surface area contributed by atoms with Crippen molar-refractivity contribution >= 4 is 33.7 Å². The van der Waals surface area contributed by atoms with Crippen LogP contribution < -0.4 is 10.2 Å². The summed E-state index contributed by atoms with van der Waals surface area (Å²) in [5, 5.41) is 4.87. The molecule has 7 nitrogen and oxygen atoms in total. The fourth-order valence-corrected chi connectivity index (χ4v) is 4.40. The first kappa shape index (κ1) is 18.8. The van der Waals surface area contributed by atoms with E-state index in [1.807, 2.05) is 58.4 Å². The number of anilines is 2. The zero-order chi connectivity index (χ0) is 20.3. The molecule has 1 fully saturated rings. The van der Waals surface area contributed by atoms with E-state index in [4.69, 9.17) is 4.74 Å². The predicted octanol–water partition coefficient (Wildman–Crippen LogP) is 3.48. The van der Waals surface area contributed by atoms with Crippen LogP contribution in [0.1, 0.15) is 5.69 Å². The normalized spacial score (nSPS) is 14.2. The van der Waals surface area contributed by atoms with Crippen LogP contribution in [0.5, 0.6) is 0 Å². The molecule has 1 amide bonds. The molecular formula is C22H21N5O2S. The highest BCUT2D eigenvalue weighted by molar-refractivity contribution is 7.15. The molecular weight excluding hydrogens is 398 g/mol. The second-order valence-corrected chi connectivity index (χ2v) is 7.93. The molecule has 5 rings (SSSR count). The number of pyridine rings is 1. The van der Waals surface area contributed by atoms with Gasteiger partial charge in [0.05, 0.1) is 37.2 Å². The van der Waals surface area contributed by atoms with Crippen LogP contribution in [0.25, 0.3) is 16.2 Å². The van der Waals surface area contributed by atoms with E-state index >= 15 is 0 Å². The van der Waals surface area contributed by atoms with Crippen molar-refractivity contribution in [2.24, 2.45) is 0 Å². The van der Waals surface area contributed by atoms with E-state index in [-0.39, 0.29) is 12.3 Å². The van der Waals surface area contributed by atoms with Crippen molar-refractivity contribution in [3.05, 3.63) is 65.9 Å². The Morgan fingerprint density at radius 3 is 2.73 bits per heavy atom. The van der Waals surface area contributed by atoms with E-state index in [1.54, 1.807) is 6.20 Å². The molecule has 1 aliphatic heterocycles. The second-order valence-electron chi connectivity index (χ2n) is 7.10. The van der Waals surface area contributed by atoms with Crippen LogP contribution in [0.2, 0.25) is 0 Å². The minimum absolute atomic E-state index is 0.101. The van der Waals surface area contributed by atoms with Gasteiger partial charge in [-0.1, -0.05) is 30.3 Å². The van der Waals surface area contributed by atoms with E-state index in [0.717, 1.165) is 53.9 Å². The third-order valence-electron chi connectivity index (χ3n) is 5.09. The molecule has 0 radical (unpaired) electrons. The maximum absolute atomic E-state index is 12.6. The lowest BCUT2D eigenvalue weighted by Crippen LogP contribution is -2.36. The van der Waals surface area contributed by atoms with Gasteiger partial charge in [0, 0.05) is 35.9 Å². The van der Waals surface area contributed by atoms with Gasteiger partial charge in [-0.15, -0.1) is 11.3 Å². The maximum Gasteiger partial charge on any atom is 0.231 e. The van der Waals surface area contributed by atoms with Gasteiger partial charge in [-0.05, 0) is 12.1 Å². The number of aromatic nitrogens is 3. The van der Waals surface area contributed by atoms with Gasteiger partial charge < -0.3 is 15.0 Å². The first-order valence-electron chi connectivity index (χ1n) is 9.86. The Morgan fingerprint density at radius 1 is 1.13 bits per heavy atom. The number of ether oxygens (including phenoxy) is 1. The van der Waals surface area contributed by atoms with Crippen molar-refractivity contribution < 1.29 is 9.53 Å². The fraction of sp³-hybridized carbons (Fsp3) is 0.227. The number of carbonyl (C=O) groups excluding carboxylic acids is 1. The van der Waals surface area contributed by atoms with Crippen LogP contribution in [0.4, 0.5) is 11.5 Å². The van der Waals surface area contributed by atoms with Gasteiger partial charge in [0.25, 0.3) is 0 Å². The molecule has 1 aliphatic rings. The number of nitrogens with one attached hydrogen (secondary N) is 1. The number of thiazole rings is 1. The van der Waals surface area contributed by atoms with E-state index in [9.17, 15) is 4.79 Å². The number of hydrogen-bond donors (Lipinski definition) is 1. The summed E-state index contributed by atoms with van der Waals surface area (Å²) in [6, 6.07) is 13.9. The Kier molecular flexibility index (Phi) is 5.17. The lowest BCUT2D eigenvalue weighted by Gasteiger charge is -2.28. The number of carbonyl (C=O) groups is 1. The molecule has 4 aromatic rings. The molecule has 0 atom stereocenters. The summed E-state index contributed by atoms with van der Waals surface area (Å²) in [5.41, 5.74) is 3.92. The monoisotopic (exact) mass is 419 g/mol. The topological polar surface area (TPSA) is 71.8 Å². The van der Waals surface area contributed by atoms with E-state index in [0.29, 0.717) is 5.82 Å². The summed E-state index contributed by atoms with van der Waals surface area (Å²) >= 11 is 1.54. The van der Waals surface area contributed by atoms with Gasteiger partial charge in [-0.2, -0.15) is 0 Å². The van der Waals surface area contributed by atoms with Crippen LogP contribution in [-0.2, 0) is 16.0 Å². The van der Waals surface area contributed by atoms with Crippen molar-refractivity contribution in [3.63, 3.8) is 0 Å². The van der Waals surface area contributed by atoms with Gasteiger partial charge in [0.1, 0.15) is 5.82 Å². The van der Waals surface area contributed by atoms with Crippen LogP contribution in [-0.4, -0.2) is 46.6 Å². The number of amides is 1. The number of rotatable bonds is 5. The second kappa shape index (κ2) is 8.25. The molecule has 8 heteroatoms. The van der Waals surface area contributed by atoms with Crippen LogP contribution in [0.15, 0.2) is 60.2 Å². The summed E-state index contributed by atoms with van der Waals surface area (Å²) in [7, 11) is 0. The molecule has 0 unspecified atom stereocenters. The fourth-order valence-electron chi connectivity index (χ4n) is 3.52. The third kappa shape index (κ3) is 3.92. The standard InChI is InChI=1S/C22H21N5O2S/c28-21(25-20-7-6-17(13-23-20)26-8-10-29-11-9-26)12-18-15-30-22-24-19(14-27(18)22)16-4-2-1-3-5-16/h1-7,13-15H,8-12H2,(H,23,25,28).